The minimum Gasteiger partial charge on any atom is -0.480 e. The van der Waals surface area contributed by atoms with Crippen LogP contribution in [0.2, 0.25) is 10.0 Å². The highest BCUT2D eigenvalue weighted by Crippen LogP contribution is 2.25. The first-order valence-corrected chi connectivity index (χ1v) is 8.50. The number of hydrogen-bond donors (Lipinski definition) is 2. The third kappa shape index (κ3) is 6.80. The second-order valence-corrected chi connectivity index (χ2v) is 6.24. The van der Waals surface area contributed by atoms with Crippen LogP contribution in [0.25, 0.3) is 0 Å². The molecule has 2 amide bonds. The SMILES string of the molecule is Cc1ccc(Cl)c(OCC(=O)OCC(=O)NNC(=O)c2ccc(Cl)cc2)c1. The van der Waals surface area contributed by atoms with Crippen LogP contribution in [0.3, 0.4) is 0 Å². The second kappa shape index (κ2) is 9.80. The van der Waals surface area contributed by atoms with Gasteiger partial charge in [-0.05, 0) is 48.9 Å². The standard InChI is InChI=1S/C18H16Cl2N2O5/c1-11-2-7-14(20)15(8-11)26-10-17(24)27-9-16(23)21-22-18(25)12-3-5-13(19)6-4-12/h2-8H,9-10H2,1H3,(H,21,23)(H,22,25). The minimum absolute atomic E-state index is 0.306. The quantitative estimate of drug-likeness (QED) is 0.563. The molecule has 2 aromatic carbocycles. The lowest BCUT2D eigenvalue weighted by Gasteiger charge is -2.10. The van der Waals surface area contributed by atoms with Crippen molar-refractivity contribution in [2.24, 2.45) is 0 Å². The summed E-state index contributed by atoms with van der Waals surface area (Å²) in [5.41, 5.74) is 5.54. The molecule has 9 heteroatoms. The van der Waals surface area contributed by atoms with Crippen LogP contribution < -0.4 is 15.6 Å². The van der Waals surface area contributed by atoms with E-state index < -0.39 is 31.0 Å². The van der Waals surface area contributed by atoms with Gasteiger partial charge >= 0.3 is 5.97 Å². The molecule has 0 spiro atoms. The van der Waals surface area contributed by atoms with Crippen molar-refractivity contribution in [3.8, 4) is 5.75 Å². The van der Waals surface area contributed by atoms with E-state index in [1.807, 2.05) is 6.92 Å². The van der Waals surface area contributed by atoms with Crippen molar-refractivity contribution >= 4 is 41.0 Å². The third-order valence-electron chi connectivity index (χ3n) is 3.22. The fraction of sp³-hybridized carbons (Fsp3) is 0.167. The van der Waals surface area contributed by atoms with E-state index in [2.05, 4.69) is 10.9 Å². The summed E-state index contributed by atoms with van der Waals surface area (Å²) in [5, 5.41) is 0.840. The van der Waals surface area contributed by atoms with Crippen molar-refractivity contribution in [2.45, 2.75) is 6.92 Å². The summed E-state index contributed by atoms with van der Waals surface area (Å²) >= 11 is 11.7. The maximum absolute atomic E-state index is 11.8. The number of halogens is 2. The normalized spacial score (nSPS) is 10.0. The molecule has 7 nitrogen and oxygen atoms in total. The van der Waals surface area contributed by atoms with Gasteiger partial charge in [0.15, 0.2) is 13.2 Å². The van der Waals surface area contributed by atoms with Crippen molar-refractivity contribution in [3.05, 3.63) is 63.6 Å². The Morgan fingerprint density at radius 2 is 1.67 bits per heavy atom. The van der Waals surface area contributed by atoms with E-state index in [0.717, 1.165) is 5.56 Å². The van der Waals surface area contributed by atoms with Gasteiger partial charge in [-0.1, -0.05) is 29.3 Å². The molecule has 2 aromatic rings. The van der Waals surface area contributed by atoms with Crippen molar-refractivity contribution in [2.75, 3.05) is 13.2 Å². The average molecular weight is 411 g/mol. The van der Waals surface area contributed by atoms with Crippen LogP contribution in [-0.2, 0) is 14.3 Å². The molecule has 0 heterocycles. The summed E-state index contributed by atoms with van der Waals surface area (Å²) in [5.74, 6) is -1.66. The van der Waals surface area contributed by atoms with Gasteiger partial charge in [0.05, 0.1) is 5.02 Å². The number of ether oxygens (including phenoxy) is 2. The third-order valence-corrected chi connectivity index (χ3v) is 3.78. The van der Waals surface area contributed by atoms with Crippen LogP contribution >= 0.6 is 23.2 Å². The predicted octanol–water partition coefficient (Wildman–Crippen LogP) is 2.69. The van der Waals surface area contributed by atoms with Crippen LogP contribution in [-0.4, -0.2) is 31.0 Å². The summed E-state index contributed by atoms with van der Waals surface area (Å²) in [7, 11) is 0. The van der Waals surface area contributed by atoms with Gasteiger partial charge in [0.25, 0.3) is 11.8 Å². The van der Waals surface area contributed by atoms with Crippen molar-refractivity contribution in [3.63, 3.8) is 0 Å². The lowest BCUT2D eigenvalue weighted by molar-refractivity contribution is -0.150. The summed E-state index contributed by atoms with van der Waals surface area (Å²) in [6.45, 7) is 0.863. The summed E-state index contributed by atoms with van der Waals surface area (Å²) in [6.07, 6.45) is 0. The van der Waals surface area contributed by atoms with E-state index in [0.29, 0.717) is 21.4 Å². The van der Waals surface area contributed by atoms with Gasteiger partial charge in [-0.15, -0.1) is 0 Å². The largest absolute Gasteiger partial charge is 0.480 e. The number of hydrazine groups is 1. The molecule has 0 bridgehead atoms. The maximum Gasteiger partial charge on any atom is 0.344 e. The van der Waals surface area contributed by atoms with Crippen LogP contribution in [0.15, 0.2) is 42.5 Å². The molecule has 0 aliphatic rings. The second-order valence-electron chi connectivity index (χ2n) is 5.39. The van der Waals surface area contributed by atoms with E-state index in [1.165, 1.54) is 12.1 Å². The van der Waals surface area contributed by atoms with Crippen molar-refractivity contribution < 1.29 is 23.9 Å². The fourth-order valence-electron chi connectivity index (χ4n) is 1.88. The Kier molecular flexibility index (Phi) is 7.45. The Hall–Kier alpha value is -2.77. The number of esters is 1. The summed E-state index contributed by atoms with van der Waals surface area (Å²) in [4.78, 5) is 35.1. The van der Waals surface area contributed by atoms with Crippen LogP contribution in [0, 0.1) is 6.92 Å². The van der Waals surface area contributed by atoms with Gasteiger partial charge < -0.3 is 9.47 Å². The monoisotopic (exact) mass is 410 g/mol. The molecule has 0 saturated carbocycles. The van der Waals surface area contributed by atoms with Gasteiger partial charge in [0, 0.05) is 10.6 Å². The van der Waals surface area contributed by atoms with E-state index >= 15 is 0 Å². The molecular formula is C18H16Cl2N2O5. The number of hydrogen-bond acceptors (Lipinski definition) is 5. The van der Waals surface area contributed by atoms with E-state index in [1.54, 1.807) is 30.3 Å². The maximum atomic E-state index is 11.8. The van der Waals surface area contributed by atoms with E-state index in [4.69, 9.17) is 32.7 Å². The molecule has 0 aromatic heterocycles. The van der Waals surface area contributed by atoms with Crippen LogP contribution in [0.4, 0.5) is 0 Å². The molecule has 0 unspecified atom stereocenters. The fourth-order valence-corrected chi connectivity index (χ4v) is 2.18. The van der Waals surface area contributed by atoms with Gasteiger partial charge in [0.1, 0.15) is 5.75 Å². The first-order chi connectivity index (χ1) is 12.8. The van der Waals surface area contributed by atoms with Crippen molar-refractivity contribution in [1.29, 1.82) is 0 Å². The number of rotatable bonds is 6. The van der Waals surface area contributed by atoms with E-state index in [9.17, 15) is 14.4 Å². The van der Waals surface area contributed by atoms with E-state index in [-0.39, 0.29) is 0 Å². The van der Waals surface area contributed by atoms with Crippen molar-refractivity contribution in [1.82, 2.24) is 10.9 Å². The number of aryl methyl sites for hydroxylation is 1. The number of carbonyl (C=O) groups is 3. The zero-order valence-corrected chi connectivity index (χ0v) is 15.8. The Bertz CT molecular complexity index is 840. The Morgan fingerprint density at radius 1 is 0.963 bits per heavy atom. The predicted molar refractivity (Wildman–Crippen MR) is 99.7 cm³/mol. The molecule has 0 radical (unpaired) electrons. The Labute approximate surface area is 165 Å². The molecule has 0 aliphatic carbocycles. The lowest BCUT2D eigenvalue weighted by atomic mass is 10.2. The zero-order chi connectivity index (χ0) is 19.8. The molecule has 2 rings (SSSR count). The smallest absolute Gasteiger partial charge is 0.344 e. The van der Waals surface area contributed by atoms with Crippen LogP contribution in [0.5, 0.6) is 5.75 Å². The number of amides is 2. The molecule has 0 aliphatic heterocycles. The highest BCUT2D eigenvalue weighted by molar-refractivity contribution is 6.32. The van der Waals surface area contributed by atoms with Crippen LogP contribution in [0.1, 0.15) is 15.9 Å². The molecule has 0 fully saturated rings. The Morgan fingerprint density at radius 3 is 2.37 bits per heavy atom. The topological polar surface area (TPSA) is 93.7 Å². The molecular weight excluding hydrogens is 395 g/mol. The number of nitrogens with one attached hydrogen (secondary N) is 2. The summed E-state index contributed by atoms with van der Waals surface area (Å²) in [6, 6.07) is 11.2. The van der Waals surface area contributed by atoms with Gasteiger partial charge in [-0.25, -0.2) is 4.79 Å². The highest BCUT2D eigenvalue weighted by Gasteiger charge is 2.11. The van der Waals surface area contributed by atoms with Gasteiger partial charge in [0.2, 0.25) is 0 Å². The Balaban J connectivity index is 1.70. The molecule has 2 N–H and O–H groups in total. The minimum atomic E-state index is -0.758. The average Bonchev–Trinajstić information content (AvgIpc) is 2.65. The van der Waals surface area contributed by atoms with Gasteiger partial charge in [-0.2, -0.15) is 0 Å². The van der Waals surface area contributed by atoms with Gasteiger partial charge in [-0.3, -0.25) is 20.4 Å². The first kappa shape index (κ1) is 20.5. The molecule has 27 heavy (non-hydrogen) atoms. The molecule has 142 valence electrons. The first-order valence-electron chi connectivity index (χ1n) is 7.74. The zero-order valence-electron chi connectivity index (χ0n) is 14.3. The number of carbonyl (C=O) groups excluding carboxylic acids is 3. The molecule has 0 saturated heterocycles. The highest BCUT2D eigenvalue weighted by atomic mass is 35.5. The number of benzene rings is 2. The lowest BCUT2D eigenvalue weighted by Crippen LogP contribution is -2.43. The summed E-state index contributed by atoms with van der Waals surface area (Å²) < 4.78 is 10.0. The molecule has 0 atom stereocenters.